The van der Waals surface area contributed by atoms with Crippen LogP contribution < -0.4 is 0 Å². The van der Waals surface area contributed by atoms with Crippen molar-refractivity contribution in [2.75, 3.05) is 0 Å². The first-order chi connectivity index (χ1) is 11.2. The Bertz CT molecular complexity index is 546. The van der Waals surface area contributed by atoms with Gasteiger partial charge in [0, 0.05) is 12.2 Å². The minimum Gasteiger partial charge on any atom is -0.718 e. The average Bonchev–Trinajstić information content (AvgIpc) is 2.62. The van der Waals surface area contributed by atoms with Crippen LogP contribution in [0, 0.1) is 0 Å². The number of hydrogen-bond acceptors (Lipinski definition) is 1. The summed E-state index contributed by atoms with van der Waals surface area (Å²) in [6.45, 7) is 9.04. The molecule has 1 aliphatic carbocycles. The first kappa shape index (κ1) is 17.9. The Kier molecular flexibility index (Phi) is 6.56. The van der Waals surface area contributed by atoms with Gasteiger partial charge < -0.3 is 4.65 Å². The van der Waals surface area contributed by atoms with Gasteiger partial charge in [-0.25, -0.2) is 0 Å². The molecule has 1 aromatic rings. The van der Waals surface area contributed by atoms with Crippen LogP contribution in [0.5, 0.6) is 0 Å². The number of fused-ring (bicyclic) bond motifs is 1. The van der Waals surface area contributed by atoms with Crippen LogP contribution in [0.1, 0.15) is 64.0 Å². The zero-order chi connectivity index (χ0) is 16.7. The maximum atomic E-state index is 6.39. The minimum atomic E-state index is -0.708. The van der Waals surface area contributed by atoms with Crippen molar-refractivity contribution in [1.82, 2.24) is 0 Å². The van der Waals surface area contributed by atoms with Gasteiger partial charge in [0.25, 0.3) is 0 Å². The molecule has 1 nitrogen and oxygen atoms in total. The van der Waals surface area contributed by atoms with Gasteiger partial charge in [0.15, 0.2) is 6.35 Å². The zero-order valence-corrected chi connectivity index (χ0v) is 15.3. The second kappa shape index (κ2) is 8.43. The summed E-state index contributed by atoms with van der Waals surface area (Å²) in [4.78, 5) is 0. The first-order valence-corrected chi connectivity index (χ1v) is 9.54. The molecule has 0 bridgehead atoms. The van der Waals surface area contributed by atoms with Crippen molar-refractivity contribution >= 4 is 12.4 Å². The summed E-state index contributed by atoms with van der Waals surface area (Å²) in [5, 5.41) is 0. The van der Waals surface area contributed by atoms with Crippen molar-refractivity contribution in [3.8, 4) is 0 Å². The van der Waals surface area contributed by atoms with Crippen LogP contribution in [0.3, 0.4) is 0 Å². The second-order valence-electron chi connectivity index (χ2n) is 7.00. The summed E-state index contributed by atoms with van der Waals surface area (Å²) in [5.74, 6) is 0.482. The molecule has 1 atom stereocenters. The Labute approximate surface area is 142 Å². The third kappa shape index (κ3) is 4.10. The van der Waals surface area contributed by atoms with Gasteiger partial charge in [0.1, 0.15) is 0 Å². The molecule has 126 valence electrons. The predicted molar refractivity (Wildman–Crippen MR) is 104 cm³/mol. The van der Waals surface area contributed by atoms with Crippen molar-refractivity contribution in [2.24, 2.45) is 0 Å². The van der Waals surface area contributed by atoms with Crippen molar-refractivity contribution in [3.63, 3.8) is 0 Å². The van der Waals surface area contributed by atoms with E-state index in [2.05, 4.69) is 70.4 Å². The summed E-state index contributed by atoms with van der Waals surface area (Å²) >= 11 is 0. The number of unbranched alkanes of at least 4 members (excludes halogenated alkanes) is 1. The van der Waals surface area contributed by atoms with Crippen LogP contribution in [0.2, 0.25) is 19.0 Å². The van der Waals surface area contributed by atoms with Gasteiger partial charge in [-0.2, -0.15) is 0 Å². The average molecular weight is 311 g/mol. The SMILES string of the molecule is CCCC[C@H]1/C(=C\O[B-](CC)(CC)CC)C=Cc2ccccc21. The normalized spacial score (nSPS) is 19.0. The first-order valence-electron chi connectivity index (χ1n) is 9.54. The Hall–Kier alpha value is -1.44. The van der Waals surface area contributed by atoms with E-state index in [1.54, 1.807) is 0 Å². The van der Waals surface area contributed by atoms with E-state index in [0.29, 0.717) is 5.92 Å². The zero-order valence-electron chi connectivity index (χ0n) is 15.3. The van der Waals surface area contributed by atoms with E-state index in [1.165, 1.54) is 36.0 Å². The van der Waals surface area contributed by atoms with Gasteiger partial charge in [-0.1, -0.05) is 77.0 Å². The van der Waals surface area contributed by atoms with Crippen molar-refractivity contribution in [1.29, 1.82) is 0 Å². The highest BCUT2D eigenvalue weighted by atomic mass is 16.4. The molecule has 0 spiro atoms. The highest BCUT2D eigenvalue weighted by molar-refractivity contribution is 6.73. The summed E-state index contributed by atoms with van der Waals surface area (Å²) in [6.07, 6.45) is 13.0. The third-order valence-corrected chi connectivity index (χ3v) is 5.80. The Morgan fingerprint density at radius 2 is 1.70 bits per heavy atom. The molecular weight excluding hydrogens is 279 g/mol. The molecule has 0 saturated heterocycles. The van der Waals surface area contributed by atoms with E-state index >= 15 is 0 Å². The molecule has 0 N–H and O–H groups in total. The summed E-state index contributed by atoms with van der Waals surface area (Å²) < 4.78 is 6.39. The van der Waals surface area contributed by atoms with E-state index < -0.39 is 6.35 Å². The Morgan fingerprint density at radius 1 is 1.00 bits per heavy atom. The van der Waals surface area contributed by atoms with Crippen LogP contribution in [-0.4, -0.2) is 6.35 Å². The number of rotatable bonds is 8. The number of hydrogen-bond donors (Lipinski definition) is 0. The molecule has 1 aromatic carbocycles. The fourth-order valence-corrected chi connectivity index (χ4v) is 3.69. The lowest BCUT2D eigenvalue weighted by atomic mass is 9.34. The summed E-state index contributed by atoms with van der Waals surface area (Å²) in [6, 6.07) is 8.80. The van der Waals surface area contributed by atoms with Gasteiger partial charge in [-0.05, 0) is 23.1 Å². The van der Waals surface area contributed by atoms with Crippen molar-refractivity contribution in [3.05, 3.63) is 53.3 Å². The van der Waals surface area contributed by atoms with Crippen LogP contribution in [0.4, 0.5) is 0 Å². The quantitative estimate of drug-likeness (QED) is 0.375. The lowest BCUT2D eigenvalue weighted by Gasteiger charge is -2.38. The highest BCUT2D eigenvalue weighted by Crippen LogP contribution is 2.38. The lowest BCUT2D eigenvalue weighted by molar-refractivity contribution is 0.448. The molecule has 1 aliphatic rings. The van der Waals surface area contributed by atoms with Crippen LogP contribution >= 0.6 is 0 Å². The molecule has 0 amide bonds. The Balaban J connectivity index is 2.28. The van der Waals surface area contributed by atoms with Crippen LogP contribution in [0.25, 0.3) is 6.08 Å². The van der Waals surface area contributed by atoms with Gasteiger partial charge in [0.2, 0.25) is 0 Å². The fourth-order valence-electron chi connectivity index (χ4n) is 3.69. The number of benzene rings is 1. The topological polar surface area (TPSA) is 9.23 Å². The largest absolute Gasteiger partial charge is 0.718 e. The van der Waals surface area contributed by atoms with Gasteiger partial charge in [-0.15, -0.1) is 19.0 Å². The van der Waals surface area contributed by atoms with E-state index in [4.69, 9.17) is 4.65 Å². The van der Waals surface area contributed by atoms with E-state index in [-0.39, 0.29) is 0 Å². The van der Waals surface area contributed by atoms with Crippen LogP contribution in [0.15, 0.2) is 42.2 Å². The van der Waals surface area contributed by atoms with Gasteiger partial charge in [0.05, 0.1) is 0 Å². The summed E-state index contributed by atoms with van der Waals surface area (Å²) in [7, 11) is 0. The van der Waals surface area contributed by atoms with Gasteiger partial charge >= 0.3 is 0 Å². The fraction of sp³-hybridized carbons (Fsp3) is 0.524. The second-order valence-corrected chi connectivity index (χ2v) is 7.00. The monoisotopic (exact) mass is 311 g/mol. The van der Waals surface area contributed by atoms with E-state index in [9.17, 15) is 0 Å². The van der Waals surface area contributed by atoms with E-state index in [0.717, 1.165) is 19.0 Å². The maximum absolute atomic E-state index is 6.39. The number of allylic oxidation sites excluding steroid dienone is 2. The molecule has 2 rings (SSSR count). The standard InChI is InChI=1S/C21H32BO/c1-5-9-13-21-19(17-23-22(6-2,7-3)8-4)16-15-18-12-10-11-14-20(18)21/h10-12,14-17,21H,5-9,13H2,1-4H3/q-1/b19-17-/t21-/m0/s1. The van der Waals surface area contributed by atoms with Gasteiger partial charge in [-0.3, -0.25) is 0 Å². The molecule has 0 radical (unpaired) electrons. The lowest BCUT2D eigenvalue weighted by Crippen LogP contribution is -2.33. The predicted octanol–water partition coefficient (Wildman–Crippen LogP) is 6.89. The molecular formula is C21H32BO-. The summed E-state index contributed by atoms with van der Waals surface area (Å²) in [5.41, 5.74) is 4.17. The molecule has 0 fully saturated rings. The third-order valence-electron chi connectivity index (χ3n) is 5.80. The highest BCUT2D eigenvalue weighted by Gasteiger charge is 2.23. The van der Waals surface area contributed by atoms with E-state index in [1.807, 2.05) is 0 Å². The molecule has 23 heavy (non-hydrogen) atoms. The van der Waals surface area contributed by atoms with Crippen LogP contribution in [-0.2, 0) is 4.65 Å². The molecule has 2 heteroatoms. The molecule has 0 unspecified atom stereocenters. The molecule has 0 aliphatic heterocycles. The van der Waals surface area contributed by atoms with Crippen molar-refractivity contribution < 1.29 is 4.65 Å². The molecule has 0 saturated carbocycles. The smallest absolute Gasteiger partial charge is 0.163 e. The Morgan fingerprint density at radius 3 is 2.35 bits per heavy atom. The molecule has 0 heterocycles. The maximum Gasteiger partial charge on any atom is 0.163 e. The minimum absolute atomic E-state index is 0.482. The van der Waals surface area contributed by atoms with Crippen molar-refractivity contribution in [2.45, 2.75) is 71.8 Å². The molecule has 0 aromatic heterocycles.